The van der Waals surface area contributed by atoms with Crippen LogP contribution in [0.3, 0.4) is 0 Å². The largest absolute Gasteiger partial charge is 0.481 e. The van der Waals surface area contributed by atoms with E-state index >= 15 is 0 Å². The number of ether oxygens (including phenoxy) is 1. The maximum absolute atomic E-state index is 13.5. The molecule has 0 aliphatic rings. The maximum Gasteiger partial charge on any atom is 0.217 e. The molecule has 7 aromatic rings. The molecule has 0 saturated heterocycles. The third kappa shape index (κ3) is 6.27. The molecule has 0 fully saturated rings. The van der Waals surface area contributed by atoms with Gasteiger partial charge in [-0.05, 0) is 97.7 Å². The van der Waals surface area contributed by atoms with Gasteiger partial charge in [-0.2, -0.15) is 0 Å². The Kier molecular flexibility index (Phi) is 8.90. The smallest absolute Gasteiger partial charge is 0.217 e. The maximum atomic E-state index is 13.5. The molecule has 7 rings (SSSR count). The van der Waals surface area contributed by atoms with Crippen LogP contribution < -0.4 is 4.74 Å². The van der Waals surface area contributed by atoms with Gasteiger partial charge < -0.3 is 14.7 Å². The van der Waals surface area contributed by atoms with E-state index in [1.54, 1.807) is 7.11 Å². The standard InChI is InChI=1S/C43H41N3O2/c1-46(2)24-11-10-23-43(47,37-22-21-30-13-4-5-14-32(30)27-37)41(38-28-34-16-7-9-20-40(34)45-42(38)48-3)35-18-12-17-31(25-35)36-26-33-15-6-8-19-39(33)44-29-36/h4-9,12-22,25-29,41,47H,10-11,23-24H2,1-3H3. The monoisotopic (exact) mass is 631 g/mol. The third-order valence-electron chi connectivity index (χ3n) is 9.50. The van der Waals surface area contributed by atoms with Crippen molar-refractivity contribution in [2.24, 2.45) is 0 Å². The number of hydrogen-bond donors (Lipinski definition) is 1. The number of aliphatic hydroxyl groups is 1. The number of rotatable bonds is 11. The summed E-state index contributed by atoms with van der Waals surface area (Å²) >= 11 is 0. The van der Waals surface area contributed by atoms with Gasteiger partial charge in [0.05, 0.1) is 18.1 Å². The Labute approximate surface area is 282 Å². The minimum Gasteiger partial charge on any atom is -0.481 e. The molecule has 0 aliphatic heterocycles. The minimum absolute atomic E-state index is 0.488. The predicted molar refractivity (Wildman–Crippen MR) is 198 cm³/mol. The summed E-state index contributed by atoms with van der Waals surface area (Å²) in [6.45, 7) is 0.948. The molecule has 2 aromatic heterocycles. The van der Waals surface area contributed by atoms with Crippen molar-refractivity contribution in [3.05, 3.63) is 150 Å². The van der Waals surface area contributed by atoms with Crippen LogP contribution in [-0.4, -0.2) is 47.7 Å². The average molecular weight is 632 g/mol. The van der Waals surface area contributed by atoms with Gasteiger partial charge in [0.25, 0.3) is 0 Å². The van der Waals surface area contributed by atoms with Crippen molar-refractivity contribution >= 4 is 32.6 Å². The second kappa shape index (κ2) is 13.6. The van der Waals surface area contributed by atoms with E-state index < -0.39 is 11.5 Å². The Morgan fingerprint density at radius 1 is 0.688 bits per heavy atom. The van der Waals surface area contributed by atoms with Gasteiger partial charge in [-0.3, -0.25) is 4.98 Å². The molecule has 0 bridgehead atoms. The van der Waals surface area contributed by atoms with Crippen molar-refractivity contribution < 1.29 is 9.84 Å². The Morgan fingerprint density at radius 3 is 2.17 bits per heavy atom. The molecular formula is C43H41N3O2. The lowest BCUT2D eigenvalue weighted by atomic mass is 9.70. The number of para-hydroxylation sites is 2. The quantitative estimate of drug-likeness (QED) is 0.144. The van der Waals surface area contributed by atoms with Gasteiger partial charge in [-0.1, -0.05) is 97.1 Å². The summed E-state index contributed by atoms with van der Waals surface area (Å²) in [5.74, 6) is 0.0300. The van der Waals surface area contributed by atoms with Crippen LogP contribution in [0.5, 0.6) is 5.88 Å². The number of unbranched alkanes of at least 4 members (excludes halogenated alkanes) is 1. The number of pyridine rings is 2. The van der Waals surface area contributed by atoms with Gasteiger partial charge >= 0.3 is 0 Å². The van der Waals surface area contributed by atoms with E-state index in [2.05, 4.69) is 110 Å². The van der Waals surface area contributed by atoms with Gasteiger partial charge in [-0.15, -0.1) is 0 Å². The fourth-order valence-corrected chi connectivity index (χ4v) is 7.06. The van der Waals surface area contributed by atoms with Crippen LogP contribution in [0, 0.1) is 0 Å². The predicted octanol–water partition coefficient (Wildman–Crippen LogP) is 9.36. The third-order valence-corrected chi connectivity index (χ3v) is 9.50. The Hall–Kier alpha value is -5.10. The van der Waals surface area contributed by atoms with Crippen LogP contribution in [0.2, 0.25) is 0 Å². The highest BCUT2D eigenvalue weighted by Crippen LogP contribution is 2.49. The zero-order valence-electron chi connectivity index (χ0n) is 27.8. The van der Waals surface area contributed by atoms with E-state index in [1.807, 2.05) is 42.6 Å². The molecule has 5 nitrogen and oxygen atoms in total. The lowest BCUT2D eigenvalue weighted by Crippen LogP contribution is -2.35. The van der Waals surface area contributed by atoms with Crippen LogP contribution >= 0.6 is 0 Å². The number of methoxy groups -OCH3 is 1. The van der Waals surface area contributed by atoms with Crippen LogP contribution in [0.4, 0.5) is 0 Å². The van der Waals surface area contributed by atoms with E-state index in [1.165, 1.54) is 0 Å². The zero-order valence-corrected chi connectivity index (χ0v) is 27.8. The highest BCUT2D eigenvalue weighted by Gasteiger charge is 2.42. The first kappa shape index (κ1) is 31.5. The average Bonchev–Trinajstić information content (AvgIpc) is 3.13. The van der Waals surface area contributed by atoms with E-state index in [-0.39, 0.29) is 0 Å². The number of nitrogens with zero attached hydrogens (tertiary/aromatic N) is 3. The van der Waals surface area contributed by atoms with Gasteiger partial charge in [0.15, 0.2) is 0 Å². The molecule has 5 heteroatoms. The van der Waals surface area contributed by atoms with Crippen molar-refractivity contribution in [2.75, 3.05) is 27.7 Å². The lowest BCUT2D eigenvalue weighted by Gasteiger charge is -2.39. The summed E-state index contributed by atoms with van der Waals surface area (Å²) in [6.07, 6.45) is 4.30. The molecule has 0 radical (unpaired) electrons. The van der Waals surface area contributed by atoms with Gasteiger partial charge in [0.1, 0.15) is 5.60 Å². The summed E-state index contributed by atoms with van der Waals surface area (Å²) in [7, 11) is 5.86. The van der Waals surface area contributed by atoms with Crippen molar-refractivity contribution in [3.63, 3.8) is 0 Å². The van der Waals surface area contributed by atoms with E-state index in [4.69, 9.17) is 14.7 Å². The van der Waals surface area contributed by atoms with Crippen LogP contribution in [0.15, 0.2) is 134 Å². The summed E-state index contributed by atoms with van der Waals surface area (Å²) in [5.41, 5.74) is 5.32. The molecule has 0 spiro atoms. The number of hydrogen-bond acceptors (Lipinski definition) is 5. The SMILES string of the molecule is COc1nc2ccccc2cc1C(c1cccc(-c2cnc3ccccc3c2)c1)C(O)(CCCCN(C)C)c1ccc2ccccc2c1. The summed E-state index contributed by atoms with van der Waals surface area (Å²) in [5, 5.41) is 17.8. The second-order valence-electron chi connectivity index (χ2n) is 13.0. The highest BCUT2D eigenvalue weighted by atomic mass is 16.5. The normalized spacial score (nSPS) is 13.6. The van der Waals surface area contributed by atoms with Crippen molar-refractivity contribution in [1.82, 2.24) is 14.9 Å². The molecular weight excluding hydrogens is 590 g/mol. The van der Waals surface area contributed by atoms with Crippen molar-refractivity contribution in [3.8, 4) is 17.0 Å². The van der Waals surface area contributed by atoms with E-state index in [9.17, 15) is 5.11 Å². The minimum atomic E-state index is -1.28. The molecule has 2 unspecified atom stereocenters. The Bertz CT molecular complexity index is 2210. The molecule has 5 aromatic carbocycles. The molecule has 0 amide bonds. The fraction of sp³-hybridized carbons (Fsp3) is 0.209. The number of aromatic nitrogens is 2. The lowest BCUT2D eigenvalue weighted by molar-refractivity contribution is 0.00692. The highest BCUT2D eigenvalue weighted by molar-refractivity contribution is 5.85. The molecule has 0 saturated carbocycles. The first-order chi connectivity index (χ1) is 23.4. The van der Waals surface area contributed by atoms with Gasteiger partial charge in [-0.25, -0.2) is 4.98 Å². The first-order valence-corrected chi connectivity index (χ1v) is 16.7. The summed E-state index contributed by atoms with van der Waals surface area (Å²) in [4.78, 5) is 11.9. The molecule has 0 aliphatic carbocycles. The van der Waals surface area contributed by atoms with Crippen LogP contribution in [0.25, 0.3) is 43.7 Å². The van der Waals surface area contributed by atoms with E-state index in [0.717, 1.165) is 79.8 Å². The van der Waals surface area contributed by atoms with Crippen molar-refractivity contribution in [2.45, 2.75) is 30.8 Å². The molecule has 48 heavy (non-hydrogen) atoms. The molecule has 240 valence electrons. The number of benzene rings is 5. The number of fused-ring (bicyclic) bond motifs is 3. The fourth-order valence-electron chi connectivity index (χ4n) is 7.06. The Morgan fingerprint density at radius 2 is 1.40 bits per heavy atom. The van der Waals surface area contributed by atoms with Gasteiger partial charge in [0.2, 0.25) is 5.88 Å². The summed E-state index contributed by atoms with van der Waals surface area (Å²) < 4.78 is 6.04. The topological polar surface area (TPSA) is 58.5 Å². The van der Waals surface area contributed by atoms with Crippen LogP contribution in [0.1, 0.15) is 41.9 Å². The molecule has 1 N–H and O–H groups in total. The van der Waals surface area contributed by atoms with Crippen molar-refractivity contribution in [1.29, 1.82) is 0 Å². The molecule has 2 atom stereocenters. The summed E-state index contributed by atoms with van der Waals surface area (Å²) in [6, 6.07) is 43.9. The van der Waals surface area contributed by atoms with Crippen LogP contribution in [-0.2, 0) is 5.60 Å². The van der Waals surface area contributed by atoms with E-state index in [0.29, 0.717) is 12.3 Å². The zero-order chi connectivity index (χ0) is 33.1. The second-order valence-corrected chi connectivity index (χ2v) is 13.0. The first-order valence-electron chi connectivity index (χ1n) is 16.7. The molecule has 2 heterocycles. The van der Waals surface area contributed by atoms with Gasteiger partial charge in [0, 0.05) is 34.0 Å². The Balaban J connectivity index is 1.45.